The number of amides is 2. The summed E-state index contributed by atoms with van der Waals surface area (Å²) in [6.07, 6.45) is 5.86. The van der Waals surface area contributed by atoms with Gasteiger partial charge in [0.1, 0.15) is 9.75 Å². The van der Waals surface area contributed by atoms with Crippen molar-refractivity contribution in [3.63, 3.8) is 0 Å². The molecule has 0 aliphatic rings. The van der Waals surface area contributed by atoms with Gasteiger partial charge in [0.2, 0.25) is 11.8 Å². The van der Waals surface area contributed by atoms with E-state index in [2.05, 4.69) is 10.6 Å². The number of ether oxygens (including phenoxy) is 2. The Morgan fingerprint density at radius 3 is 1.30 bits per heavy atom. The van der Waals surface area contributed by atoms with E-state index in [1.54, 1.807) is 0 Å². The zero-order chi connectivity index (χ0) is 31.3. The first-order valence-electron chi connectivity index (χ1n) is 14.5. The fraction of sp³-hybridized carbons (Fsp3) is 0.294. The maximum absolute atomic E-state index is 12.6. The van der Waals surface area contributed by atoms with Gasteiger partial charge in [-0.3, -0.25) is 9.59 Å². The Bertz CT molecular complexity index is 1450. The molecule has 0 spiro atoms. The molecule has 8 nitrogen and oxygen atoms in total. The summed E-state index contributed by atoms with van der Waals surface area (Å²) in [5.74, 6) is -1.23. The van der Waals surface area contributed by atoms with E-state index in [9.17, 15) is 19.2 Å². The number of hydrogen-bond donors (Lipinski definition) is 2. The zero-order valence-electron chi connectivity index (χ0n) is 24.9. The van der Waals surface area contributed by atoms with Gasteiger partial charge in [0.25, 0.3) is 0 Å². The third kappa shape index (κ3) is 9.11. The summed E-state index contributed by atoms with van der Waals surface area (Å²) in [5, 5.41) is 5.77. The van der Waals surface area contributed by atoms with E-state index < -0.39 is 11.9 Å². The van der Waals surface area contributed by atoms with E-state index in [1.165, 1.54) is 36.9 Å². The van der Waals surface area contributed by atoms with Crippen molar-refractivity contribution in [2.75, 3.05) is 24.9 Å². The van der Waals surface area contributed by atoms with Gasteiger partial charge in [0.05, 0.1) is 25.6 Å². The summed E-state index contributed by atoms with van der Waals surface area (Å²) in [6, 6.07) is 23.0. The molecule has 2 aromatic heterocycles. The van der Waals surface area contributed by atoms with Crippen LogP contribution in [0.25, 0.3) is 20.9 Å². The molecule has 44 heavy (non-hydrogen) atoms. The summed E-state index contributed by atoms with van der Waals surface area (Å²) >= 11 is 2.59. The lowest BCUT2D eigenvalue weighted by Gasteiger charge is -2.06. The number of carbonyl (C=O) groups is 4. The van der Waals surface area contributed by atoms with Crippen molar-refractivity contribution in [1.29, 1.82) is 0 Å². The van der Waals surface area contributed by atoms with Gasteiger partial charge >= 0.3 is 11.9 Å². The van der Waals surface area contributed by atoms with Crippen molar-refractivity contribution in [1.82, 2.24) is 0 Å². The summed E-state index contributed by atoms with van der Waals surface area (Å²) in [6.45, 7) is 0. The highest BCUT2D eigenvalue weighted by atomic mass is 32.1. The average Bonchev–Trinajstić information content (AvgIpc) is 3.67. The van der Waals surface area contributed by atoms with Crippen molar-refractivity contribution >= 4 is 57.8 Å². The monoisotopic (exact) mass is 632 g/mol. The van der Waals surface area contributed by atoms with Crippen molar-refractivity contribution < 1.29 is 28.7 Å². The Kier molecular flexibility index (Phi) is 12.3. The Labute approximate surface area is 265 Å². The third-order valence-electron chi connectivity index (χ3n) is 6.93. The molecule has 2 heterocycles. The molecule has 0 unspecified atom stereocenters. The maximum atomic E-state index is 12.6. The number of anilines is 2. The Balaban J connectivity index is 1.15. The number of nitrogens with one attached hydrogen (secondary N) is 2. The van der Waals surface area contributed by atoms with Crippen LogP contribution < -0.4 is 10.6 Å². The minimum atomic E-state index is -0.475. The molecule has 4 rings (SSSR count). The van der Waals surface area contributed by atoms with Crippen LogP contribution in [0.2, 0.25) is 0 Å². The minimum absolute atomic E-state index is 0.139. The number of hydrogen-bond acceptors (Lipinski definition) is 8. The molecule has 2 amide bonds. The molecule has 2 aromatic carbocycles. The van der Waals surface area contributed by atoms with Crippen molar-refractivity contribution in [2.45, 2.75) is 51.4 Å². The molecule has 0 bridgehead atoms. The van der Waals surface area contributed by atoms with E-state index >= 15 is 0 Å². The molecule has 0 aliphatic carbocycles. The van der Waals surface area contributed by atoms with Gasteiger partial charge in [-0.2, -0.15) is 0 Å². The Morgan fingerprint density at radius 1 is 0.568 bits per heavy atom. The van der Waals surface area contributed by atoms with Crippen molar-refractivity contribution in [3.8, 4) is 20.9 Å². The number of thiophene rings is 2. The van der Waals surface area contributed by atoms with E-state index in [-0.39, 0.29) is 11.8 Å². The van der Waals surface area contributed by atoms with Crippen LogP contribution in [-0.2, 0) is 19.1 Å². The molecule has 0 aliphatic heterocycles. The second kappa shape index (κ2) is 16.5. The normalized spacial score (nSPS) is 10.7. The molecule has 0 atom stereocenters. The van der Waals surface area contributed by atoms with Gasteiger partial charge in [-0.15, -0.1) is 22.7 Å². The lowest BCUT2D eigenvalue weighted by Crippen LogP contribution is -2.13. The SMILES string of the molecule is COC(=O)c1sc(-c2ccccc2)cc1NC(=O)CCCCCCCCC(=O)Nc1cc(-c2ccccc2)sc1C(=O)OC. The number of esters is 2. The zero-order valence-corrected chi connectivity index (χ0v) is 26.5. The van der Waals surface area contributed by atoms with Gasteiger partial charge < -0.3 is 20.1 Å². The van der Waals surface area contributed by atoms with Gasteiger partial charge in [0, 0.05) is 22.6 Å². The summed E-state index contributed by atoms with van der Waals surface area (Å²) < 4.78 is 9.82. The highest BCUT2D eigenvalue weighted by Crippen LogP contribution is 2.36. The fourth-order valence-electron chi connectivity index (χ4n) is 4.65. The lowest BCUT2D eigenvalue weighted by atomic mass is 10.1. The Morgan fingerprint density at radius 2 is 0.932 bits per heavy atom. The van der Waals surface area contributed by atoms with E-state index in [4.69, 9.17) is 9.47 Å². The van der Waals surface area contributed by atoms with Crippen LogP contribution in [0.15, 0.2) is 72.8 Å². The average molecular weight is 633 g/mol. The quantitative estimate of drug-likeness (QED) is 0.101. The third-order valence-corrected chi connectivity index (χ3v) is 9.26. The summed E-state index contributed by atoms with van der Waals surface area (Å²) in [4.78, 5) is 52.3. The van der Waals surface area contributed by atoms with Crippen LogP contribution >= 0.6 is 22.7 Å². The smallest absolute Gasteiger partial charge is 0.350 e. The number of benzene rings is 2. The van der Waals surface area contributed by atoms with Crippen LogP contribution in [0.3, 0.4) is 0 Å². The van der Waals surface area contributed by atoms with Crippen molar-refractivity contribution in [3.05, 3.63) is 82.6 Å². The minimum Gasteiger partial charge on any atom is -0.465 e. The van der Waals surface area contributed by atoms with Crippen LogP contribution in [0.1, 0.15) is 70.7 Å². The van der Waals surface area contributed by atoms with Crippen LogP contribution in [0.4, 0.5) is 11.4 Å². The van der Waals surface area contributed by atoms with Gasteiger partial charge in [-0.1, -0.05) is 86.3 Å². The van der Waals surface area contributed by atoms with Crippen molar-refractivity contribution in [2.24, 2.45) is 0 Å². The number of unbranched alkanes of at least 4 members (excludes halogenated alkanes) is 5. The van der Waals surface area contributed by atoms with E-state index in [0.717, 1.165) is 59.4 Å². The summed E-state index contributed by atoms with van der Waals surface area (Å²) in [5.41, 5.74) is 2.88. The number of rotatable bonds is 15. The second-order valence-electron chi connectivity index (χ2n) is 10.1. The number of methoxy groups -OCH3 is 2. The Hall–Kier alpha value is -4.28. The first-order valence-corrected chi connectivity index (χ1v) is 16.2. The molecule has 4 aromatic rings. The number of carbonyl (C=O) groups excluding carboxylic acids is 4. The van der Waals surface area contributed by atoms with E-state index in [0.29, 0.717) is 34.0 Å². The van der Waals surface area contributed by atoms with Crippen LogP contribution in [0, 0.1) is 0 Å². The maximum Gasteiger partial charge on any atom is 0.350 e. The molecule has 0 saturated heterocycles. The fourth-order valence-corrected chi connectivity index (χ4v) is 6.72. The first-order chi connectivity index (χ1) is 21.4. The molecule has 0 saturated carbocycles. The van der Waals surface area contributed by atoms with Gasteiger partial charge in [-0.25, -0.2) is 9.59 Å². The van der Waals surface area contributed by atoms with E-state index in [1.807, 2.05) is 72.8 Å². The molecular weight excluding hydrogens is 597 g/mol. The second-order valence-corrected chi connectivity index (χ2v) is 12.2. The first kappa shape index (κ1) is 32.6. The predicted octanol–water partition coefficient (Wildman–Crippen LogP) is 8.41. The van der Waals surface area contributed by atoms with Crippen LogP contribution in [0.5, 0.6) is 0 Å². The highest BCUT2D eigenvalue weighted by molar-refractivity contribution is 7.18. The predicted molar refractivity (Wildman–Crippen MR) is 176 cm³/mol. The molecule has 2 N–H and O–H groups in total. The molecular formula is C34H36N2O6S2. The van der Waals surface area contributed by atoms with Gasteiger partial charge in [-0.05, 0) is 36.1 Å². The lowest BCUT2D eigenvalue weighted by molar-refractivity contribution is -0.117. The molecule has 0 radical (unpaired) electrons. The highest BCUT2D eigenvalue weighted by Gasteiger charge is 2.20. The van der Waals surface area contributed by atoms with Crippen LogP contribution in [-0.4, -0.2) is 38.0 Å². The largest absolute Gasteiger partial charge is 0.465 e. The molecule has 230 valence electrons. The standard InChI is InChI=1S/C34H36N2O6S2/c1-41-33(39)31-25(21-27(43-31)23-15-9-7-10-16-23)35-29(37)19-13-5-3-4-6-14-20-30(38)36-26-22-28(24-17-11-8-12-18-24)44-32(26)34(40)42-2/h7-12,15-18,21-22H,3-6,13-14,19-20H2,1-2H3,(H,35,37)(H,36,38). The molecule has 10 heteroatoms. The molecule has 0 fully saturated rings. The topological polar surface area (TPSA) is 111 Å². The summed E-state index contributed by atoms with van der Waals surface area (Å²) in [7, 11) is 2.66. The van der Waals surface area contributed by atoms with Gasteiger partial charge in [0.15, 0.2) is 0 Å².